The molecular weight excluding hydrogens is 244 g/mol. The first kappa shape index (κ1) is 13.8. The molecule has 1 aliphatic heterocycles. The molecule has 18 heavy (non-hydrogen) atoms. The first-order chi connectivity index (χ1) is 8.69. The van der Waals surface area contributed by atoms with Gasteiger partial charge in [0.15, 0.2) is 5.13 Å². The molecule has 0 unspecified atom stereocenters. The van der Waals surface area contributed by atoms with Gasteiger partial charge in [-0.05, 0) is 39.5 Å². The van der Waals surface area contributed by atoms with Crippen molar-refractivity contribution in [2.75, 3.05) is 39.0 Å². The molecule has 2 heterocycles. The largest absolute Gasteiger partial charge is 0.375 e. The van der Waals surface area contributed by atoms with Crippen LogP contribution in [0, 0.1) is 0 Å². The Bertz CT molecular complexity index is 358. The molecule has 2 N–H and O–H groups in total. The number of nitrogens with zero attached hydrogens (tertiary/aromatic N) is 3. The second-order valence-electron chi connectivity index (χ2n) is 5.07. The van der Waals surface area contributed by atoms with Crippen LogP contribution in [0.4, 0.5) is 5.13 Å². The van der Waals surface area contributed by atoms with Crippen LogP contribution in [0.15, 0.2) is 5.38 Å². The lowest BCUT2D eigenvalue weighted by molar-refractivity contribution is 0.132. The third-order valence-electron chi connectivity index (χ3n) is 3.92. The molecule has 2 rings (SSSR count). The summed E-state index contributed by atoms with van der Waals surface area (Å²) in [6.07, 6.45) is 3.60. The molecule has 1 saturated heterocycles. The van der Waals surface area contributed by atoms with Gasteiger partial charge in [0.1, 0.15) is 0 Å². The van der Waals surface area contributed by atoms with Crippen LogP contribution in [0.2, 0.25) is 0 Å². The minimum atomic E-state index is 0.684. The molecule has 5 heteroatoms. The van der Waals surface area contributed by atoms with Gasteiger partial charge in [-0.2, -0.15) is 0 Å². The molecule has 1 fully saturated rings. The average Bonchev–Trinajstić information content (AvgIpc) is 2.82. The van der Waals surface area contributed by atoms with Crippen molar-refractivity contribution >= 4 is 16.5 Å². The van der Waals surface area contributed by atoms with Gasteiger partial charge in [-0.25, -0.2) is 4.98 Å². The SMILES string of the molecule is CCN1CCC(N(C)CCc2csc(N)n2)CC1. The van der Waals surface area contributed by atoms with Crippen LogP contribution in [-0.2, 0) is 6.42 Å². The Hall–Kier alpha value is -0.650. The average molecular weight is 268 g/mol. The zero-order valence-electron chi connectivity index (χ0n) is 11.4. The molecule has 0 aliphatic carbocycles. The summed E-state index contributed by atoms with van der Waals surface area (Å²) in [6.45, 7) is 7.01. The highest BCUT2D eigenvalue weighted by atomic mass is 32.1. The summed E-state index contributed by atoms with van der Waals surface area (Å²) in [4.78, 5) is 9.34. The Morgan fingerprint density at radius 3 is 2.78 bits per heavy atom. The van der Waals surface area contributed by atoms with E-state index in [-0.39, 0.29) is 0 Å². The van der Waals surface area contributed by atoms with E-state index in [1.54, 1.807) is 0 Å². The summed E-state index contributed by atoms with van der Waals surface area (Å²) in [7, 11) is 2.24. The van der Waals surface area contributed by atoms with E-state index < -0.39 is 0 Å². The minimum Gasteiger partial charge on any atom is -0.375 e. The van der Waals surface area contributed by atoms with Crippen molar-refractivity contribution in [2.45, 2.75) is 32.2 Å². The van der Waals surface area contributed by atoms with Crippen molar-refractivity contribution < 1.29 is 0 Å². The Balaban J connectivity index is 1.73. The third-order valence-corrected chi connectivity index (χ3v) is 4.64. The van der Waals surface area contributed by atoms with E-state index in [2.05, 4.69) is 34.1 Å². The van der Waals surface area contributed by atoms with E-state index >= 15 is 0 Å². The number of aromatic nitrogens is 1. The van der Waals surface area contributed by atoms with Crippen molar-refractivity contribution in [3.05, 3.63) is 11.1 Å². The zero-order chi connectivity index (χ0) is 13.0. The van der Waals surface area contributed by atoms with Crippen LogP contribution in [0.3, 0.4) is 0 Å². The molecule has 0 spiro atoms. The van der Waals surface area contributed by atoms with Gasteiger partial charge < -0.3 is 15.5 Å². The summed E-state index contributed by atoms with van der Waals surface area (Å²) < 4.78 is 0. The molecule has 1 aromatic rings. The summed E-state index contributed by atoms with van der Waals surface area (Å²) in [5.74, 6) is 0. The van der Waals surface area contributed by atoms with Crippen LogP contribution in [0.1, 0.15) is 25.5 Å². The van der Waals surface area contributed by atoms with Gasteiger partial charge in [0, 0.05) is 24.4 Å². The fourth-order valence-corrected chi connectivity index (χ4v) is 3.18. The predicted octanol–water partition coefficient (Wildman–Crippen LogP) is 1.68. The topological polar surface area (TPSA) is 45.4 Å². The Morgan fingerprint density at radius 1 is 1.50 bits per heavy atom. The minimum absolute atomic E-state index is 0.684. The van der Waals surface area contributed by atoms with E-state index in [0.29, 0.717) is 5.13 Å². The van der Waals surface area contributed by atoms with Crippen LogP contribution in [0.5, 0.6) is 0 Å². The molecule has 102 valence electrons. The first-order valence-corrected chi connectivity index (χ1v) is 7.69. The van der Waals surface area contributed by atoms with E-state index in [1.165, 1.54) is 43.8 Å². The van der Waals surface area contributed by atoms with E-state index in [9.17, 15) is 0 Å². The van der Waals surface area contributed by atoms with Gasteiger partial charge in [-0.1, -0.05) is 6.92 Å². The van der Waals surface area contributed by atoms with E-state index in [0.717, 1.165) is 24.7 Å². The highest BCUT2D eigenvalue weighted by Gasteiger charge is 2.21. The Kier molecular flexibility index (Phi) is 4.97. The van der Waals surface area contributed by atoms with Gasteiger partial charge in [0.2, 0.25) is 0 Å². The molecule has 0 radical (unpaired) electrons. The highest BCUT2D eigenvalue weighted by Crippen LogP contribution is 2.16. The van der Waals surface area contributed by atoms with E-state index in [1.807, 2.05) is 0 Å². The number of hydrogen-bond donors (Lipinski definition) is 1. The fourth-order valence-electron chi connectivity index (χ4n) is 2.59. The maximum Gasteiger partial charge on any atom is 0.180 e. The molecule has 0 atom stereocenters. The molecule has 1 aromatic heterocycles. The number of likely N-dealkylation sites (N-methyl/N-ethyl adjacent to an activating group) is 1. The molecule has 0 aromatic carbocycles. The maximum atomic E-state index is 5.65. The first-order valence-electron chi connectivity index (χ1n) is 6.81. The van der Waals surface area contributed by atoms with Crippen LogP contribution < -0.4 is 5.73 Å². The van der Waals surface area contributed by atoms with Gasteiger partial charge >= 0.3 is 0 Å². The summed E-state index contributed by atoms with van der Waals surface area (Å²) in [5.41, 5.74) is 6.78. The number of nitrogen functional groups attached to an aromatic ring is 1. The molecule has 1 aliphatic rings. The lowest BCUT2D eigenvalue weighted by Crippen LogP contribution is -2.43. The number of likely N-dealkylation sites (tertiary alicyclic amines) is 1. The fraction of sp³-hybridized carbons (Fsp3) is 0.769. The highest BCUT2D eigenvalue weighted by molar-refractivity contribution is 7.13. The second kappa shape index (κ2) is 6.50. The van der Waals surface area contributed by atoms with Crippen molar-refractivity contribution in [1.82, 2.24) is 14.8 Å². The number of piperidine rings is 1. The summed E-state index contributed by atoms with van der Waals surface area (Å²) >= 11 is 1.54. The second-order valence-corrected chi connectivity index (χ2v) is 5.96. The van der Waals surface area contributed by atoms with Crippen LogP contribution in [-0.4, -0.2) is 54.1 Å². The zero-order valence-corrected chi connectivity index (χ0v) is 12.2. The Labute approximate surface area is 114 Å². The number of hydrogen-bond acceptors (Lipinski definition) is 5. The predicted molar refractivity (Wildman–Crippen MR) is 78.0 cm³/mol. The molecule has 0 bridgehead atoms. The molecule has 0 saturated carbocycles. The van der Waals surface area contributed by atoms with Crippen molar-refractivity contribution in [3.8, 4) is 0 Å². The lowest BCUT2D eigenvalue weighted by atomic mass is 10.0. The molecular formula is C13H24N4S. The molecule has 0 amide bonds. The third kappa shape index (κ3) is 3.67. The summed E-state index contributed by atoms with van der Waals surface area (Å²) in [5, 5.41) is 2.76. The van der Waals surface area contributed by atoms with Crippen LogP contribution in [0.25, 0.3) is 0 Å². The van der Waals surface area contributed by atoms with Gasteiger partial charge in [0.25, 0.3) is 0 Å². The van der Waals surface area contributed by atoms with E-state index in [4.69, 9.17) is 5.73 Å². The number of thiazole rings is 1. The Morgan fingerprint density at radius 2 is 2.22 bits per heavy atom. The van der Waals surface area contributed by atoms with Crippen molar-refractivity contribution in [1.29, 1.82) is 0 Å². The lowest BCUT2D eigenvalue weighted by Gasteiger charge is -2.36. The standard InChI is InChI=1S/C13H24N4S/c1-3-17-8-5-12(6-9-17)16(2)7-4-11-10-18-13(14)15-11/h10,12H,3-9H2,1-2H3,(H2,14,15). The molecule has 4 nitrogen and oxygen atoms in total. The summed E-state index contributed by atoms with van der Waals surface area (Å²) in [6, 6.07) is 0.740. The van der Waals surface area contributed by atoms with Crippen molar-refractivity contribution in [3.63, 3.8) is 0 Å². The smallest absolute Gasteiger partial charge is 0.180 e. The number of anilines is 1. The number of nitrogens with two attached hydrogens (primary N) is 1. The number of rotatable bonds is 5. The van der Waals surface area contributed by atoms with Gasteiger partial charge in [-0.3, -0.25) is 0 Å². The monoisotopic (exact) mass is 268 g/mol. The van der Waals surface area contributed by atoms with Gasteiger partial charge in [0.05, 0.1) is 5.69 Å². The quantitative estimate of drug-likeness (QED) is 0.882. The van der Waals surface area contributed by atoms with Crippen LogP contribution >= 0.6 is 11.3 Å². The van der Waals surface area contributed by atoms with Crippen molar-refractivity contribution in [2.24, 2.45) is 0 Å². The maximum absolute atomic E-state index is 5.65. The van der Waals surface area contributed by atoms with Gasteiger partial charge in [-0.15, -0.1) is 11.3 Å². The normalized spacial score (nSPS) is 18.6.